The van der Waals surface area contributed by atoms with Crippen LogP contribution in [0.15, 0.2) is 18.2 Å². The second kappa shape index (κ2) is 5.82. The number of hydrogen-bond donors (Lipinski definition) is 0. The van der Waals surface area contributed by atoms with Crippen LogP contribution in [0, 0.1) is 10.1 Å². The summed E-state index contributed by atoms with van der Waals surface area (Å²) >= 11 is 5.73. The fourth-order valence-corrected chi connectivity index (χ4v) is 1.76. The lowest BCUT2D eigenvalue weighted by molar-refractivity contribution is -0.384. The van der Waals surface area contributed by atoms with Gasteiger partial charge in [0.1, 0.15) is 5.02 Å². The molecule has 0 aliphatic carbocycles. The van der Waals surface area contributed by atoms with Gasteiger partial charge in [0, 0.05) is 12.6 Å². The predicted molar refractivity (Wildman–Crippen MR) is 64.7 cm³/mol. The molecule has 0 aliphatic rings. The van der Waals surface area contributed by atoms with Crippen molar-refractivity contribution in [1.29, 1.82) is 0 Å². The summed E-state index contributed by atoms with van der Waals surface area (Å²) in [6, 6.07) is 4.94. The van der Waals surface area contributed by atoms with Crippen LogP contribution in [0.3, 0.4) is 0 Å². The van der Waals surface area contributed by atoms with Gasteiger partial charge in [0.05, 0.1) is 4.92 Å². The van der Waals surface area contributed by atoms with Crippen molar-refractivity contribution in [2.75, 3.05) is 13.6 Å². The molecule has 1 rings (SSSR count). The highest BCUT2D eigenvalue weighted by atomic mass is 35.5. The lowest BCUT2D eigenvalue weighted by atomic mass is 10.2. The zero-order valence-electron chi connectivity index (χ0n) is 9.44. The van der Waals surface area contributed by atoms with E-state index < -0.39 is 4.92 Å². The minimum absolute atomic E-state index is 0.0240. The molecule has 0 aliphatic heterocycles. The van der Waals surface area contributed by atoms with Crippen molar-refractivity contribution in [3.63, 3.8) is 0 Å². The van der Waals surface area contributed by atoms with E-state index in [1.54, 1.807) is 6.07 Å². The summed E-state index contributed by atoms with van der Waals surface area (Å²) in [5, 5.41) is 10.9. The average Bonchev–Trinajstić information content (AvgIpc) is 2.21. The van der Waals surface area contributed by atoms with Crippen molar-refractivity contribution in [3.8, 4) is 0 Å². The molecule has 88 valence electrons. The van der Waals surface area contributed by atoms with Crippen molar-refractivity contribution in [2.45, 2.75) is 19.9 Å². The van der Waals surface area contributed by atoms with E-state index in [4.69, 9.17) is 11.6 Å². The molecule has 0 spiro atoms. The van der Waals surface area contributed by atoms with E-state index in [0.717, 1.165) is 18.5 Å². The van der Waals surface area contributed by atoms with E-state index in [1.807, 2.05) is 13.1 Å². The largest absolute Gasteiger partial charge is 0.302 e. The Bertz CT molecular complexity index is 382. The summed E-state index contributed by atoms with van der Waals surface area (Å²) in [6.45, 7) is 3.77. The third-order valence-corrected chi connectivity index (χ3v) is 2.58. The monoisotopic (exact) mass is 242 g/mol. The molecule has 4 nitrogen and oxygen atoms in total. The van der Waals surface area contributed by atoms with Gasteiger partial charge in [-0.25, -0.2) is 0 Å². The Labute approximate surface area is 100.0 Å². The molecule has 0 amide bonds. The van der Waals surface area contributed by atoms with Crippen LogP contribution in [-0.4, -0.2) is 23.4 Å². The van der Waals surface area contributed by atoms with E-state index in [2.05, 4.69) is 11.8 Å². The van der Waals surface area contributed by atoms with E-state index in [9.17, 15) is 10.1 Å². The predicted octanol–water partition coefficient (Wildman–Crippen LogP) is 3.09. The molecule has 0 saturated carbocycles. The fourth-order valence-electron chi connectivity index (χ4n) is 1.57. The first-order chi connectivity index (χ1) is 7.54. The first-order valence-electron chi connectivity index (χ1n) is 5.16. The standard InChI is InChI=1S/C11H15ClN2O2/c1-3-6-13(2)8-9-4-5-10(12)11(7-9)14(15)16/h4-5,7H,3,6,8H2,1-2H3. The maximum Gasteiger partial charge on any atom is 0.288 e. The van der Waals surface area contributed by atoms with Gasteiger partial charge in [0.2, 0.25) is 0 Å². The molecule has 0 fully saturated rings. The molecule has 16 heavy (non-hydrogen) atoms. The molecule has 1 aromatic carbocycles. The van der Waals surface area contributed by atoms with Gasteiger partial charge < -0.3 is 4.90 Å². The molecule has 5 heteroatoms. The smallest absolute Gasteiger partial charge is 0.288 e. The van der Waals surface area contributed by atoms with E-state index in [-0.39, 0.29) is 10.7 Å². The fraction of sp³-hybridized carbons (Fsp3) is 0.455. The number of rotatable bonds is 5. The number of benzene rings is 1. The third kappa shape index (κ3) is 3.47. The van der Waals surface area contributed by atoms with Crippen molar-refractivity contribution >= 4 is 17.3 Å². The van der Waals surface area contributed by atoms with Crippen LogP contribution in [-0.2, 0) is 6.54 Å². The van der Waals surface area contributed by atoms with Crippen LogP contribution in [0.4, 0.5) is 5.69 Å². The third-order valence-electron chi connectivity index (χ3n) is 2.27. The quantitative estimate of drug-likeness (QED) is 0.589. The zero-order chi connectivity index (χ0) is 12.1. The van der Waals surface area contributed by atoms with Crippen LogP contribution in [0.1, 0.15) is 18.9 Å². The van der Waals surface area contributed by atoms with Gasteiger partial charge >= 0.3 is 0 Å². The molecule has 0 bridgehead atoms. The zero-order valence-corrected chi connectivity index (χ0v) is 10.2. The van der Waals surface area contributed by atoms with Gasteiger partial charge in [-0.2, -0.15) is 0 Å². The molecule has 1 aromatic rings. The Hall–Kier alpha value is -1.13. The Kier molecular flexibility index (Phi) is 4.71. The second-order valence-electron chi connectivity index (χ2n) is 3.78. The highest BCUT2D eigenvalue weighted by Gasteiger charge is 2.13. The normalized spacial score (nSPS) is 10.8. The number of nitro groups is 1. The summed E-state index contributed by atoms with van der Waals surface area (Å²) in [5.41, 5.74) is 0.885. The summed E-state index contributed by atoms with van der Waals surface area (Å²) in [6.07, 6.45) is 1.06. The van der Waals surface area contributed by atoms with Gasteiger partial charge in [-0.15, -0.1) is 0 Å². The SMILES string of the molecule is CCCN(C)Cc1ccc(Cl)c([N+](=O)[O-])c1. The van der Waals surface area contributed by atoms with Crippen LogP contribution in [0.25, 0.3) is 0 Å². The van der Waals surface area contributed by atoms with Crippen LogP contribution in [0.5, 0.6) is 0 Å². The van der Waals surface area contributed by atoms with Crippen molar-refractivity contribution in [3.05, 3.63) is 38.9 Å². The maximum atomic E-state index is 10.7. The van der Waals surface area contributed by atoms with Gasteiger partial charge in [-0.1, -0.05) is 24.6 Å². The van der Waals surface area contributed by atoms with Crippen molar-refractivity contribution in [1.82, 2.24) is 4.90 Å². The molecule has 0 unspecified atom stereocenters. The molecule has 0 radical (unpaired) electrons. The number of hydrogen-bond acceptors (Lipinski definition) is 3. The van der Waals surface area contributed by atoms with Gasteiger partial charge in [-0.05, 0) is 31.6 Å². The Morgan fingerprint density at radius 3 is 2.75 bits per heavy atom. The van der Waals surface area contributed by atoms with Crippen molar-refractivity contribution < 1.29 is 4.92 Å². The number of nitro benzene ring substituents is 1. The summed E-state index contributed by atoms with van der Waals surface area (Å²) in [4.78, 5) is 12.4. The van der Waals surface area contributed by atoms with Crippen LogP contribution < -0.4 is 0 Å². The summed E-state index contributed by atoms with van der Waals surface area (Å²) < 4.78 is 0. The second-order valence-corrected chi connectivity index (χ2v) is 4.19. The topological polar surface area (TPSA) is 46.4 Å². The van der Waals surface area contributed by atoms with Gasteiger partial charge in [0.15, 0.2) is 0 Å². The summed E-state index contributed by atoms with van der Waals surface area (Å²) in [7, 11) is 1.99. The maximum absolute atomic E-state index is 10.7. The van der Waals surface area contributed by atoms with E-state index in [0.29, 0.717) is 6.54 Å². The lowest BCUT2D eigenvalue weighted by Gasteiger charge is -2.15. The first kappa shape index (κ1) is 12.9. The van der Waals surface area contributed by atoms with Crippen LogP contribution >= 0.6 is 11.6 Å². The number of halogens is 1. The summed E-state index contributed by atoms with van der Waals surface area (Å²) in [5.74, 6) is 0. The van der Waals surface area contributed by atoms with E-state index in [1.165, 1.54) is 6.07 Å². The molecule has 0 atom stereocenters. The minimum atomic E-state index is -0.453. The molecule has 0 aromatic heterocycles. The molecule has 0 N–H and O–H groups in total. The van der Waals surface area contributed by atoms with Gasteiger partial charge in [-0.3, -0.25) is 10.1 Å². The van der Waals surface area contributed by atoms with Gasteiger partial charge in [0.25, 0.3) is 5.69 Å². The molecular formula is C11H15ClN2O2. The Morgan fingerprint density at radius 1 is 1.50 bits per heavy atom. The van der Waals surface area contributed by atoms with E-state index >= 15 is 0 Å². The van der Waals surface area contributed by atoms with Crippen molar-refractivity contribution in [2.24, 2.45) is 0 Å². The highest BCUT2D eigenvalue weighted by molar-refractivity contribution is 6.32. The average molecular weight is 243 g/mol. The molecular weight excluding hydrogens is 228 g/mol. The lowest BCUT2D eigenvalue weighted by Crippen LogP contribution is -2.18. The number of nitrogens with zero attached hydrogens (tertiary/aromatic N) is 2. The Morgan fingerprint density at radius 2 is 2.19 bits per heavy atom. The first-order valence-corrected chi connectivity index (χ1v) is 5.53. The Balaban J connectivity index is 2.82. The highest BCUT2D eigenvalue weighted by Crippen LogP contribution is 2.25. The van der Waals surface area contributed by atoms with Crippen LogP contribution in [0.2, 0.25) is 5.02 Å². The minimum Gasteiger partial charge on any atom is -0.302 e. The molecule has 0 heterocycles. The molecule has 0 saturated heterocycles.